The van der Waals surface area contributed by atoms with Crippen molar-refractivity contribution < 1.29 is 9.84 Å². The Morgan fingerprint density at radius 1 is 1.25 bits per heavy atom. The SMILES string of the molecule is CC(C)OCc1cccc(C(C)(C)C)c1O. The second kappa shape index (κ2) is 4.88. The third kappa shape index (κ3) is 3.24. The standard InChI is InChI=1S/C14H22O2/c1-10(2)16-9-11-7-6-8-12(13(11)15)14(3,4)5/h6-8,10,15H,9H2,1-5H3. The molecule has 0 bridgehead atoms. The van der Waals surface area contributed by atoms with Gasteiger partial charge in [-0.3, -0.25) is 0 Å². The molecule has 0 atom stereocenters. The second-order valence-corrected chi connectivity index (χ2v) is 5.42. The molecule has 0 amide bonds. The van der Waals surface area contributed by atoms with Crippen LogP contribution < -0.4 is 0 Å². The van der Waals surface area contributed by atoms with E-state index >= 15 is 0 Å². The molecular formula is C14H22O2. The number of hydrogen-bond donors (Lipinski definition) is 1. The molecule has 0 aromatic heterocycles. The Hall–Kier alpha value is -1.02. The van der Waals surface area contributed by atoms with Crippen LogP contribution in [0, 0.1) is 0 Å². The van der Waals surface area contributed by atoms with Crippen LogP contribution in [-0.2, 0) is 16.8 Å². The highest BCUT2D eigenvalue weighted by atomic mass is 16.5. The van der Waals surface area contributed by atoms with Gasteiger partial charge >= 0.3 is 0 Å². The van der Waals surface area contributed by atoms with Crippen molar-refractivity contribution in [2.75, 3.05) is 0 Å². The average molecular weight is 222 g/mol. The molecule has 0 saturated heterocycles. The summed E-state index contributed by atoms with van der Waals surface area (Å²) in [4.78, 5) is 0. The number of rotatable bonds is 3. The first-order valence-corrected chi connectivity index (χ1v) is 5.75. The highest BCUT2D eigenvalue weighted by Crippen LogP contribution is 2.33. The van der Waals surface area contributed by atoms with E-state index in [9.17, 15) is 5.11 Å². The molecule has 16 heavy (non-hydrogen) atoms. The van der Waals surface area contributed by atoms with Crippen molar-refractivity contribution in [2.45, 2.75) is 52.7 Å². The lowest BCUT2D eigenvalue weighted by molar-refractivity contribution is 0.0644. The van der Waals surface area contributed by atoms with Gasteiger partial charge in [0, 0.05) is 5.56 Å². The number of para-hydroxylation sites is 1. The summed E-state index contributed by atoms with van der Waals surface area (Å²) in [6.45, 7) is 10.7. The van der Waals surface area contributed by atoms with E-state index in [1.165, 1.54) is 0 Å². The van der Waals surface area contributed by atoms with Crippen LogP contribution in [0.4, 0.5) is 0 Å². The molecule has 0 saturated carbocycles. The summed E-state index contributed by atoms with van der Waals surface area (Å²) in [5.74, 6) is 0.371. The van der Waals surface area contributed by atoms with E-state index in [2.05, 4.69) is 20.8 Å². The Bertz CT molecular complexity index is 348. The molecule has 0 spiro atoms. The normalized spacial score (nSPS) is 12.1. The molecule has 1 aromatic rings. The Balaban J connectivity index is 2.96. The molecule has 1 N–H and O–H groups in total. The van der Waals surface area contributed by atoms with Gasteiger partial charge in [-0.1, -0.05) is 39.0 Å². The summed E-state index contributed by atoms with van der Waals surface area (Å²) < 4.78 is 5.52. The van der Waals surface area contributed by atoms with Gasteiger partial charge in [0.15, 0.2) is 0 Å². The summed E-state index contributed by atoms with van der Waals surface area (Å²) in [6.07, 6.45) is 0.178. The van der Waals surface area contributed by atoms with Crippen LogP contribution in [0.25, 0.3) is 0 Å². The van der Waals surface area contributed by atoms with E-state index in [0.717, 1.165) is 11.1 Å². The van der Waals surface area contributed by atoms with Gasteiger partial charge < -0.3 is 9.84 Å². The summed E-state index contributed by atoms with van der Waals surface area (Å²) in [5.41, 5.74) is 1.79. The molecule has 0 fully saturated rings. The van der Waals surface area contributed by atoms with Gasteiger partial charge in [-0.15, -0.1) is 0 Å². The topological polar surface area (TPSA) is 29.5 Å². The molecule has 2 nitrogen and oxygen atoms in total. The van der Waals surface area contributed by atoms with Crippen molar-refractivity contribution in [3.8, 4) is 5.75 Å². The minimum atomic E-state index is -0.0437. The largest absolute Gasteiger partial charge is 0.507 e. The van der Waals surface area contributed by atoms with Crippen molar-refractivity contribution in [3.63, 3.8) is 0 Å². The van der Waals surface area contributed by atoms with Crippen molar-refractivity contribution in [2.24, 2.45) is 0 Å². The molecule has 0 heterocycles. The molecule has 90 valence electrons. The minimum absolute atomic E-state index is 0.0437. The number of ether oxygens (including phenoxy) is 1. The smallest absolute Gasteiger partial charge is 0.124 e. The highest BCUT2D eigenvalue weighted by Gasteiger charge is 2.19. The number of phenolic OH excluding ortho intramolecular Hbond substituents is 1. The molecule has 0 aliphatic rings. The van der Waals surface area contributed by atoms with E-state index in [-0.39, 0.29) is 11.5 Å². The van der Waals surface area contributed by atoms with Crippen LogP contribution in [0.5, 0.6) is 5.75 Å². The van der Waals surface area contributed by atoms with Crippen LogP contribution in [0.2, 0.25) is 0 Å². The zero-order chi connectivity index (χ0) is 12.3. The van der Waals surface area contributed by atoms with Gasteiger partial charge in [0.2, 0.25) is 0 Å². The maximum Gasteiger partial charge on any atom is 0.124 e. The molecule has 1 rings (SSSR count). The number of phenols is 1. The van der Waals surface area contributed by atoms with E-state index < -0.39 is 0 Å². The summed E-state index contributed by atoms with van der Waals surface area (Å²) in [6, 6.07) is 5.85. The van der Waals surface area contributed by atoms with Crippen LogP contribution in [0.15, 0.2) is 18.2 Å². The van der Waals surface area contributed by atoms with E-state index in [0.29, 0.717) is 12.4 Å². The molecule has 0 aliphatic carbocycles. The average Bonchev–Trinajstić information content (AvgIpc) is 2.14. The van der Waals surface area contributed by atoms with Gasteiger partial charge in [-0.05, 0) is 24.8 Å². The Kier molecular flexibility index (Phi) is 3.98. The quantitative estimate of drug-likeness (QED) is 0.846. The zero-order valence-corrected chi connectivity index (χ0v) is 10.9. The predicted octanol–water partition coefficient (Wildman–Crippen LogP) is 3.61. The first-order valence-electron chi connectivity index (χ1n) is 5.75. The van der Waals surface area contributed by atoms with Crippen LogP contribution in [-0.4, -0.2) is 11.2 Å². The zero-order valence-electron chi connectivity index (χ0n) is 10.9. The van der Waals surface area contributed by atoms with E-state index in [4.69, 9.17) is 4.74 Å². The van der Waals surface area contributed by atoms with Gasteiger partial charge in [0.05, 0.1) is 12.7 Å². The molecule has 1 aromatic carbocycles. The number of benzene rings is 1. The Labute approximate surface area is 98.3 Å². The molecule has 0 radical (unpaired) electrons. The number of aromatic hydroxyl groups is 1. The Morgan fingerprint density at radius 2 is 1.88 bits per heavy atom. The molecular weight excluding hydrogens is 200 g/mol. The van der Waals surface area contributed by atoms with Crippen LogP contribution >= 0.6 is 0 Å². The molecule has 2 heteroatoms. The third-order valence-corrected chi connectivity index (χ3v) is 2.50. The molecule has 0 aliphatic heterocycles. The fraction of sp³-hybridized carbons (Fsp3) is 0.571. The van der Waals surface area contributed by atoms with Gasteiger partial charge in [-0.2, -0.15) is 0 Å². The second-order valence-electron chi connectivity index (χ2n) is 5.42. The lowest BCUT2D eigenvalue weighted by Gasteiger charge is -2.22. The van der Waals surface area contributed by atoms with Crippen LogP contribution in [0.3, 0.4) is 0 Å². The number of hydrogen-bond acceptors (Lipinski definition) is 2. The maximum atomic E-state index is 10.2. The van der Waals surface area contributed by atoms with E-state index in [1.807, 2.05) is 32.0 Å². The highest BCUT2D eigenvalue weighted by molar-refractivity contribution is 5.43. The van der Waals surface area contributed by atoms with Gasteiger partial charge in [0.1, 0.15) is 5.75 Å². The monoisotopic (exact) mass is 222 g/mol. The lowest BCUT2D eigenvalue weighted by Crippen LogP contribution is -2.12. The third-order valence-electron chi connectivity index (χ3n) is 2.50. The van der Waals surface area contributed by atoms with Crippen molar-refractivity contribution in [1.82, 2.24) is 0 Å². The van der Waals surface area contributed by atoms with Crippen molar-refractivity contribution in [1.29, 1.82) is 0 Å². The van der Waals surface area contributed by atoms with Gasteiger partial charge in [-0.25, -0.2) is 0 Å². The summed E-state index contributed by atoms with van der Waals surface area (Å²) in [7, 11) is 0. The maximum absolute atomic E-state index is 10.2. The molecule has 0 unspecified atom stereocenters. The summed E-state index contributed by atoms with van der Waals surface area (Å²) >= 11 is 0. The van der Waals surface area contributed by atoms with Gasteiger partial charge in [0.25, 0.3) is 0 Å². The van der Waals surface area contributed by atoms with Crippen LogP contribution in [0.1, 0.15) is 45.7 Å². The van der Waals surface area contributed by atoms with Crippen molar-refractivity contribution >= 4 is 0 Å². The summed E-state index contributed by atoms with van der Waals surface area (Å²) in [5, 5.41) is 10.2. The Morgan fingerprint density at radius 3 is 2.38 bits per heavy atom. The fourth-order valence-electron chi connectivity index (χ4n) is 1.57. The first-order chi connectivity index (χ1) is 7.32. The van der Waals surface area contributed by atoms with E-state index in [1.54, 1.807) is 0 Å². The minimum Gasteiger partial charge on any atom is -0.507 e. The van der Waals surface area contributed by atoms with Crippen molar-refractivity contribution in [3.05, 3.63) is 29.3 Å². The fourth-order valence-corrected chi connectivity index (χ4v) is 1.57. The predicted molar refractivity (Wildman–Crippen MR) is 66.7 cm³/mol. The first kappa shape index (κ1) is 13.0. The lowest BCUT2D eigenvalue weighted by atomic mass is 9.85.